The van der Waals surface area contributed by atoms with E-state index >= 15 is 0 Å². The summed E-state index contributed by atoms with van der Waals surface area (Å²) >= 11 is 10.3. The number of hydrogen-bond donors (Lipinski definition) is 2. The average Bonchev–Trinajstić information content (AvgIpc) is 2.31. The van der Waals surface area contributed by atoms with Crippen LogP contribution in [0, 0.1) is 0 Å². The quantitative estimate of drug-likeness (QED) is 0.226. The van der Waals surface area contributed by atoms with Crippen LogP contribution in [-0.2, 0) is 0 Å². The maximum atomic E-state index is 8.38. The zero-order chi connectivity index (χ0) is 13.5. The molecule has 18 heavy (non-hydrogen) atoms. The van der Waals surface area contributed by atoms with Crippen LogP contribution in [0.2, 0.25) is 0 Å². The lowest BCUT2D eigenvalue weighted by Crippen LogP contribution is -2.11. The van der Waals surface area contributed by atoms with Crippen LogP contribution in [0.1, 0.15) is 19.3 Å². The minimum absolute atomic E-state index is 0.251. The molecule has 0 aliphatic heterocycles. The van der Waals surface area contributed by atoms with Gasteiger partial charge < -0.3 is 15.7 Å². The molecule has 0 aliphatic rings. The highest BCUT2D eigenvalue weighted by Gasteiger charge is 2.07. The number of nitrogens with zero attached hydrogens (tertiary/aromatic N) is 1. The molecule has 0 fully saturated rings. The third-order valence-corrected chi connectivity index (χ3v) is 3.80. The molecule has 100 valence electrons. The Morgan fingerprint density at radius 1 is 1.22 bits per heavy atom. The van der Waals surface area contributed by atoms with Crippen LogP contribution in [0.15, 0.2) is 30.7 Å². The maximum Gasteiger partial charge on any atom is 0.147 e. The van der Waals surface area contributed by atoms with Crippen molar-refractivity contribution in [2.75, 3.05) is 6.61 Å². The van der Waals surface area contributed by atoms with Crippen molar-refractivity contribution in [1.82, 2.24) is 0 Å². The first-order chi connectivity index (χ1) is 8.54. The van der Waals surface area contributed by atoms with Crippen molar-refractivity contribution >= 4 is 53.6 Å². The molecule has 0 aromatic heterocycles. The number of hydrogen-bond acceptors (Lipinski definition) is 3. The Hall–Kier alpha value is -0.270. The summed E-state index contributed by atoms with van der Waals surface area (Å²) in [5, 5.41) is 11.3. The molecule has 0 radical (unpaired) electrons. The van der Waals surface area contributed by atoms with Gasteiger partial charge in [0.1, 0.15) is 11.6 Å². The highest BCUT2D eigenvalue weighted by molar-refractivity contribution is 9.11. The molecule has 0 bridgehead atoms. The van der Waals surface area contributed by atoms with Crippen LogP contribution in [0.25, 0.3) is 0 Å². The number of oxime groups is 1. The summed E-state index contributed by atoms with van der Waals surface area (Å²) in [5.41, 5.74) is 5.37. The molecule has 0 aliphatic carbocycles. The van der Waals surface area contributed by atoms with Gasteiger partial charge in [-0.1, -0.05) is 21.1 Å². The summed E-state index contributed by atoms with van der Waals surface area (Å²) in [6, 6.07) is 3.85. The highest BCUT2D eigenvalue weighted by atomic mass is 79.9. The van der Waals surface area contributed by atoms with Gasteiger partial charge in [-0.25, -0.2) is 0 Å². The molecule has 0 atom stereocenters. The maximum absolute atomic E-state index is 8.38. The van der Waals surface area contributed by atoms with Crippen molar-refractivity contribution in [2.45, 2.75) is 19.3 Å². The fraction of sp³-hybridized carbons (Fsp3) is 0.364. The first kappa shape index (κ1) is 15.8. The molecule has 0 saturated heterocycles. The van der Waals surface area contributed by atoms with Crippen molar-refractivity contribution < 1.29 is 9.94 Å². The molecule has 0 saturated carbocycles. The van der Waals surface area contributed by atoms with Gasteiger partial charge in [0.15, 0.2) is 0 Å². The van der Waals surface area contributed by atoms with Crippen LogP contribution in [0.5, 0.6) is 5.75 Å². The Morgan fingerprint density at radius 2 is 1.83 bits per heavy atom. The van der Waals surface area contributed by atoms with E-state index in [4.69, 9.17) is 15.7 Å². The highest BCUT2D eigenvalue weighted by Crippen LogP contribution is 2.36. The van der Waals surface area contributed by atoms with Crippen LogP contribution in [0.4, 0.5) is 0 Å². The lowest BCUT2D eigenvalue weighted by molar-refractivity contribution is 0.301. The number of halogens is 3. The zero-order valence-electron chi connectivity index (χ0n) is 9.50. The second-order valence-corrected chi connectivity index (χ2v) is 6.22. The fourth-order valence-electron chi connectivity index (χ4n) is 1.30. The molecule has 0 unspecified atom stereocenters. The minimum Gasteiger partial charge on any atom is -0.491 e. The standard InChI is InChI=1S/C11H13Br3N2O2/c12-7-5-8(13)11(9(14)6-7)18-4-2-1-3-10(15)16-17/h5-6,17H,1-4H2,(H2,15,16). The largest absolute Gasteiger partial charge is 0.491 e. The number of benzene rings is 1. The summed E-state index contributed by atoms with van der Waals surface area (Å²) in [5.74, 6) is 1.03. The van der Waals surface area contributed by atoms with Gasteiger partial charge in [-0.15, -0.1) is 0 Å². The van der Waals surface area contributed by atoms with Gasteiger partial charge in [0, 0.05) is 10.9 Å². The summed E-state index contributed by atoms with van der Waals surface area (Å²) < 4.78 is 8.43. The van der Waals surface area contributed by atoms with E-state index in [0.29, 0.717) is 13.0 Å². The Morgan fingerprint density at radius 3 is 2.39 bits per heavy atom. The summed E-state index contributed by atoms with van der Waals surface area (Å²) in [7, 11) is 0. The van der Waals surface area contributed by atoms with Crippen LogP contribution >= 0.6 is 47.8 Å². The van der Waals surface area contributed by atoms with Gasteiger partial charge in [-0.3, -0.25) is 0 Å². The van der Waals surface area contributed by atoms with E-state index in [-0.39, 0.29) is 5.84 Å². The Labute approximate surface area is 131 Å². The number of nitrogens with two attached hydrogens (primary N) is 1. The van der Waals surface area contributed by atoms with Gasteiger partial charge in [0.05, 0.1) is 15.6 Å². The van der Waals surface area contributed by atoms with Crippen molar-refractivity contribution in [1.29, 1.82) is 0 Å². The molecule has 4 nitrogen and oxygen atoms in total. The van der Waals surface area contributed by atoms with E-state index in [0.717, 1.165) is 32.0 Å². The molecule has 7 heteroatoms. The van der Waals surface area contributed by atoms with Gasteiger partial charge in [0.2, 0.25) is 0 Å². The second-order valence-electron chi connectivity index (χ2n) is 3.60. The van der Waals surface area contributed by atoms with Crippen molar-refractivity contribution in [2.24, 2.45) is 10.9 Å². The minimum atomic E-state index is 0.251. The first-order valence-electron chi connectivity index (χ1n) is 5.28. The molecule has 3 N–H and O–H groups in total. The predicted molar refractivity (Wildman–Crippen MR) is 82.3 cm³/mol. The third-order valence-electron chi connectivity index (χ3n) is 2.17. The monoisotopic (exact) mass is 442 g/mol. The molecular weight excluding hydrogens is 432 g/mol. The smallest absolute Gasteiger partial charge is 0.147 e. The van der Waals surface area contributed by atoms with E-state index in [2.05, 4.69) is 52.9 Å². The summed E-state index contributed by atoms with van der Waals surface area (Å²) in [4.78, 5) is 0. The van der Waals surface area contributed by atoms with Gasteiger partial charge in [-0.05, 0) is 56.8 Å². The van der Waals surface area contributed by atoms with Gasteiger partial charge in [-0.2, -0.15) is 0 Å². The average molecular weight is 445 g/mol. The Balaban J connectivity index is 2.40. The predicted octanol–water partition coefficient (Wildman–Crippen LogP) is 4.27. The number of ether oxygens (including phenoxy) is 1. The second kappa shape index (κ2) is 8.01. The Bertz CT molecular complexity index is 415. The summed E-state index contributed by atoms with van der Waals surface area (Å²) in [6.07, 6.45) is 2.23. The van der Waals surface area contributed by atoms with Crippen molar-refractivity contribution in [3.8, 4) is 5.75 Å². The van der Waals surface area contributed by atoms with E-state index in [1.165, 1.54) is 0 Å². The SMILES string of the molecule is N/C(CCCCOc1c(Br)cc(Br)cc1Br)=N/O. The van der Waals surface area contributed by atoms with Crippen LogP contribution in [-0.4, -0.2) is 17.6 Å². The van der Waals surface area contributed by atoms with E-state index in [9.17, 15) is 0 Å². The molecular formula is C11H13Br3N2O2. The normalized spacial score (nSPS) is 11.6. The molecule has 0 amide bonds. The van der Waals surface area contributed by atoms with Gasteiger partial charge in [0.25, 0.3) is 0 Å². The first-order valence-corrected chi connectivity index (χ1v) is 7.66. The zero-order valence-corrected chi connectivity index (χ0v) is 14.3. The van der Waals surface area contributed by atoms with E-state index in [1.807, 2.05) is 12.1 Å². The topological polar surface area (TPSA) is 67.8 Å². The molecule has 1 aromatic carbocycles. The number of rotatable bonds is 6. The van der Waals surface area contributed by atoms with E-state index in [1.54, 1.807) is 0 Å². The molecule has 0 spiro atoms. The van der Waals surface area contributed by atoms with Crippen molar-refractivity contribution in [3.63, 3.8) is 0 Å². The van der Waals surface area contributed by atoms with E-state index < -0.39 is 0 Å². The summed E-state index contributed by atoms with van der Waals surface area (Å²) in [6.45, 7) is 0.581. The molecule has 1 aromatic rings. The molecule has 0 heterocycles. The number of unbranched alkanes of at least 4 members (excludes halogenated alkanes) is 1. The number of amidine groups is 1. The Kier molecular flexibility index (Phi) is 7.03. The van der Waals surface area contributed by atoms with Crippen molar-refractivity contribution in [3.05, 3.63) is 25.6 Å². The van der Waals surface area contributed by atoms with Crippen LogP contribution in [0.3, 0.4) is 0 Å². The third kappa shape index (κ3) is 5.16. The molecule has 1 rings (SSSR count). The fourth-order valence-corrected chi connectivity index (χ4v) is 3.79. The lowest BCUT2D eigenvalue weighted by Gasteiger charge is -2.10. The van der Waals surface area contributed by atoms with Crippen LogP contribution < -0.4 is 10.5 Å². The van der Waals surface area contributed by atoms with Gasteiger partial charge >= 0.3 is 0 Å². The lowest BCUT2D eigenvalue weighted by atomic mass is 10.2.